The molecule has 0 spiro atoms. The number of nitrogens with two attached hydrogens (primary N) is 1. The van der Waals surface area contributed by atoms with E-state index >= 15 is 0 Å². The van der Waals surface area contributed by atoms with Crippen molar-refractivity contribution in [3.8, 4) is 17.6 Å². The summed E-state index contributed by atoms with van der Waals surface area (Å²) in [4.78, 5) is 0. The third-order valence-electron chi connectivity index (χ3n) is 2.22. The van der Waals surface area contributed by atoms with Crippen molar-refractivity contribution in [1.82, 2.24) is 0 Å². The molecule has 17 heavy (non-hydrogen) atoms. The monoisotopic (exact) mass is 235 g/mol. The molecule has 0 aliphatic carbocycles. The van der Waals surface area contributed by atoms with E-state index in [1.165, 1.54) is 6.07 Å². The average molecular weight is 235 g/mol. The topological polar surface area (TPSA) is 35.2 Å². The van der Waals surface area contributed by atoms with E-state index in [2.05, 4.69) is 25.7 Å². The van der Waals surface area contributed by atoms with Gasteiger partial charge >= 0.3 is 0 Å². The lowest BCUT2D eigenvalue weighted by atomic mass is 10.1. The maximum Gasteiger partial charge on any atom is 0.165 e. The van der Waals surface area contributed by atoms with E-state index in [1.807, 2.05) is 0 Å². The number of ether oxygens (including phenoxy) is 1. The molecule has 0 aliphatic rings. The van der Waals surface area contributed by atoms with Crippen LogP contribution in [0.3, 0.4) is 0 Å². The van der Waals surface area contributed by atoms with Gasteiger partial charge in [-0.05, 0) is 30.5 Å². The molecule has 0 aromatic heterocycles. The van der Waals surface area contributed by atoms with Gasteiger partial charge in [0, 0.05) is 5.56 Å². The molecule has 3 heteroatoms. The maximum absolute atomic E-state index is 13.4. The van der Waals surface area contributed by atoms with Gasteiger partial charge in [0.25, 0.3) is 0 Å². The molecule has 1 aromatic rings. The van der Waals surface area contributed by atoms with Gasteiger partial charge in [-0.25, -0.2) is 4.39 Å². The van der Waals surface area contributed by atoms with E-state index in [4.69, 9.17) is 10.5 Å². The molecule has 0 radical (unpaired) electrons. The zero-order valence-electron chi connectivity index (χ0n) is 10.3. The number of rotatable bonds is 4. The lowest BCUT2D eigenvalue weighted by Gasteiger charge is -2.09. The first-order chi connectivity index (χ1) is 8.13. The Morgan fingerprint density at radius 3 is 2.82 bits per heavy atom. The molecule has 1 aromatic carbocycles. The first-order valence-corrected chi connectivity index (χ1v) is 5.74. The van der Waals surface area contributed by atoms with Crippen LogP contribution in [0.15, 0.2) is 18.2 Å². The van der Waals surface area contributed by atoms with Crippen molar-refractivity contribution in [2.24, 2.45) is 11.7 Å². The van der Waals surface area contributed by atoms with Gasteiger partial charge in [-0.3, -0.25) is 0 Å². The zero-order valence-corrected chi connectivity index (χ0v) is 10.3. The summed E-state index contributed by atoms with van der Waals surface area (Å²) in [7, 11) is 0. The SMILES string of the molecule is CC(C)CCOc1cc(C#CCN)ccc1F. The fraction of sp³-hybridized carbons (Fsp3) is 0.429. The Balaban J connectivity index is 2.69. The van der Waals surface area contributed by atoms with Gasteiger partial charge in [0.15, 0.2) is 11.6 Å². The minimum atomic E-state index is -0.355. The third kappa shape index (κ3) is 4.88. The summed E-state index contributed by atoms with van der Waals surface area (Å²) in [5, 5.41) is 0. The molecule has 2 nitrogen and oxygen atoms in total. The van der Waals surface area contributed by atoms with Crippen LogP contribution < -0.4 is 10.5 Å². The second kappa shape index (κ2) is 6.93. The van der Waals surface area contributed by atoms with Crippen LogP contribution in [0.4, 0.5) is 4.39 Å². The molecule has 92 valence electrons. The Kier molecular flexibility index (Phi) is 5.51. The molecule has 0 heterocycles. The lowest BCUT2D eigenvalue weighted by molar-refractivity contribution is 0.276. The van der Waals surface area contributed by atoms with Crippen LogP contribution in [0.1, 0.15) is 25.8 Å². The largest absolute Gasteiger partial charge is 0.490 e. The fourth-order valence-corrected chi connectivity index (χ4v) is 1.25. The van der Waals surface area contributed by atoms with E-state index < -0.39 is 0 Å². The van der Waals surface area contributed by atoms with Gasteiger partial charge < -0.3 is 10.5 Å². The average Bonchev–Trinajstić information content (AvgIpc) is 2.29. The number of hydrogen-bond acceptors (Lipinski definition) is 2. The van der Waals surface area contributed by atoms with Crippen molar-refractivity contribution in [2.45, 2.75) is 20.3 Å². The van der Waals surface area contributed by atoms with E-state index in [0.29, 0.717) is 19.1 Å². The summed E-state index contributed by atoms with van der Waals surface area (Å²) in [6, 6.07) is 4.59. The highest BCUT2D eigenvalue weighted by atomic mass is 19.1. The van der Waals surface area contributed by atoms with Gasteiger partial charge in [0.2, 0.25) is 0 Å². The number of hydrogen-bond donors (Lipinski definition) is 1. The highest BCUT2D eigenvalue weighted by molar-refractivity contribution is 5.40. The summed E-state index contributed by atoms with van der Waals surface area (Å²) < 4.78 is 18.8. The van der Waals surface area contributed by atoms with Crippen LogP contribution in [-0.4, -0.2) is 13.2 Å². The van der Waals surface area contributed by atoms with Crippen LogP contribution >= 0.6 is 0 Å². The van der Waals surface area contributed by atoms with Crippen molar-refractivity contribution in [3.63, 3.8) is 0 Å². The first kappa shape index (κ1) is 13.5. The Hall–Kier alpha value is -1.53. The molecule has 0 bridgehead atoms. The van der Waals surface area contributed by atoms with Crippen molar-refractivity contribution in [1.29, 1.82) is 0 Å². The molecule has 0 saturated carbocycles. The summed E-state index contributed by atoms with van der Waals surface area (Å²) >= 11 is 0. The zero-order chi connectivity index (χ0) is 12.7. The highest BCUT2D eigenvalue weighted by Gasteiger charge is 2.04. The molecule has 0 unspecified atom stereocenters. The summed E-state index contributed by atoms with van der Waals surface area (Å²) in [6.45, 7) is 5.01. The molecular formula is C14H18FNO. The van der Waals surface area contributed by atoms with Crippen molar-refractivity contribution >= 4 is 0 Å². The van der Waals surface area contributed by atoms with Crippen LogP contribution in [-0.2, 0) is 0 Å². The first-order valence-electron chi connectivity index (χ1n) is 5.74. The molecular weight excluding hydrogens is 217 g/mol. The van der Waals surface area contributed by atoms with Crippen LogP contribution in [0, 0.1) is 23.6 Å². The molecule has 0 atom stereocenters. The van der Waals surface area contributed by atoms with Crippen molar-refractivity contribution < 1.29 is 9.13 Å². The minimum Gasteiger partial charge on any atom is -0.490 e. The summed E-state index contributed by atoms with van der Waals surface area (Å²) in [5.74, 6) is 6.02. The van der Waals surface area contributed by atoms with Crippen LogP contribution in [0.5, 0.6) is 5.75 Å². The highest BCUT2D eigenvalue weighted by Crippen LogP contribution is 2.19. The third-order valence-corrected chi connectivity index (χ3v) is 2.22. The maximum atomic E-state index is 13.4. The van der Waals surface area contributed by atoms with Gasteiger partial charge in [0.1, 0.15) is 0 Å². The summed E-state index contributed by atoms with van der Waals surface area (Å²) in [5.41, 5.74) is 6.00. The smallest absolute Gasteiger partial charge is 0.165 e. The van der Waals surface area contributed by atoms with Gasteiger partial charge in [0.05, 0.1) is 13.2 Å². The predicted octanol–water partition coefficient (Wildman–Crippen LogP) is 2.56. The molecule has 0 amide bonds. The quantitative estimate of drug-likeness (QED) is 0.814. The van der Waals surface area contributed by atoms with E-state index in [0.717, 1.165) is 12.0 Å². The van der Waals surface area contributed by atoms with Crippen molar-refractivity contribution in [3.05, 3.63) is 29.6 Å². The lowest BCUT2D eigenvalue weighted by Crippen LogP contribution is -2.03. The Morgan fingerprint density at radius 1 is 1.41 bits per heavy atom. The van der Waals surface area contributed by atoms with Crippen molar-refractivity contribution in [2.75, 3.05) is 13.2 Å². The van der Waals surface area contributed by atoms with E-state index in [1.54, 1.807) is 12.1 Å². The van der Waals surface area contributed by atoms with E-state index in [9.17, 15) is 4.39 Å². The molecule has 2 N–H and O–H groups in total. The Labute approximate surface area is 102 Å². The second-order valence-electron chi connectivity index (χ2n) is 4.18. The predicted molar refractivity (Wildman–Crippen MR) is 67.3 cm³/mol. The molecule has 1 rings (SSSR count). The number of benzene rings is 1. The van der Waals surface area contributed by atoms with Crippen LogP contribution in [0.2, 0.25) is 0 Å². The molecule has 0 fully saturated rings. The summed E-state index contributed by atoms with van der Waals surface area (Å²) in [6.07, 6.45) is 0.901. The fourth-order valence-electron chi connectivity index (χ4n) is 1.25. The molecule has 0 aliphatic heterocycles. The van der Waals surface area contributed by atoms with E-state index in [-0.39, 0.29) is 11.6 Å². The minimum absolute atomic E-state index is 0.259. The van der Waals surface area contributed by atoms with Gasteiger partial charge in [-0.1, -0.05) is 25.7 Å². The molecule has 0 saturated heterocycles. The standard InChI is InChI=1S/C14H18FNO/c1-11(2)7-9-17-14-10-12(4-3-8-16)5-6-13(14)15/h5-6,10-11H,7-9,16H2,1-2H3. The second-order valence-corrected chi connectivity index (χ2v) is 4.18. The normalized spacial score (nSPS) is 9.94. The van der Waals surface area contributed by atoms with Gasteiger partial charge in [-0.15, -0.1) is 0 Å². The Morgan fingerprint density at radius 2 is 2.18 bits per heavy atom. The number of halogens is 1. The Bertz CT molecular complexity index is 418. The van der Waals surface area contributed by atoms with Crippen LogP contribution in [0.25, 0.3) is 0 Å². The van der Waals surface area contributed by atoms with Gasteiger partial charge in [-0.2, -0.15) is 0 Å².